The van der Waals surface area contributed by atoms with Gasteiger partial charge in [0, 0.05) is 10.7 Å². The van der Waals surface area contributed by atoms with Crippen LogP contribution in [0.5, 0.6) is 5.75 Å². The van der Waals surface area contributed by atoms with Gasteiger partial charge in [0.15, 0.2) is 0 Å². The highest BCUT2D eigenvalue weighted by Gasteiger charge is 2.07. The van der Waals surface area contributed by atoms with E-state index in [2.05, 4.69) is 15.4 Å². The second kappa shape index (κ2) is 8.79. The normalized spacial score (nSPS) is 9.92. The molecule has 0 aromatic heterocycles. The molecular formula is C17H17ClN2O4. The summed E-state index contributed by atoms with van der Waals surface area (Å²) in [5.41, 5.74) is 0.857. The number of esters is 1. The summed E-state index contributed by atoms with van der Waals surface area (Å²) in [6.07, 6.45) is 0. The summed E-state index contributed by atoms with van der Waals surface area (Å²) >= 11 is 5.78. The number of anilines is 1. The van der Waals surface area contributed by atoms with E-state index in [1.807, 2.05) is 0 Å². The molecule has 7 heteroatoms. The number of methoxy groups -OCH3 is 1. The first-order valence-corrected chi connectivity index (χ1v) is 7.58. The summed E-state index contributed by atoms with van der Waals surface area (Å²) in [5.74, 6) is 0.211. The number of nitrogens with one attached hydrogen (secondary N) is 2. The van der Waals surface area contributed by atoms with E-state index < -0.39 is 12.0 Å². The third kappa shape index (κ3) is 5.48. The Labute approximate surface area is 144 Å². The van der Waals surface area contributed by atoms with Gasteiger partial charge in [-0.15, -0.1) is 0 Å². The number of ether oxygens (including phenoxy) is 2. The highest BCUT2D eigenvalue weighted by Crippen LogP contribution is 2.15. The smallest absolute Gasteiger partial charge is 0.337 e. The Kier molecular flexibility index (Phi) is 6.45. The van der Waals surface area contributed by atoms with Crippen LogP contribution in [0, 0.1) is 0 Å². The van der Waals surface area contributed by atoms with Crippen molar-refractivity contribution < 1.29 is 19.1 Å². The van der Waals surface area contributed by atoms with Crippen molar-refractivity contribution in [3.8, 4) is 5.75 Å². The van der Waals surface area contributed by atoms with Crippen LogP contribution in [-0.2, 0) is 4.74 Å². The van der Waals surface area contributed by atoms with E-state index in [0.717, 1.165) is 0 Å². The predicted octanol–water partition coefficient (Wildman–Crippen LogP) is 3.33. The Morgan fingerprint density at radius 2 is 1.88 bits per heavy atom. The largest absolute Gasteiger partial charge is 0.492 e. The van der Waals surface area contributed by atoms with Gasteiger partial charge in [-0.3, -0.25) is 0 Å². The maximum Gasteiger partial charge on any atom is 0.337 e. The molecule has 2 rings (SSSR count). The summed E-state index contributed by atoms with van der Waals surface area (Å²) in [6, 6.07) is 13.0. The van der Waals surface area contributed by atoms with Gasteiger partial charge in [0.25, 0.3) is 0 Å². The predicted molar refractivity (Wildman–Crippen MR) is 91.7 cm³/mol. The molecule has 0 fully saturated rings. The highest BCUT2D eigenvalue weighted by atomic mass is 35.5. The van der Waals surface area contributed by atoms with Gasteiger partial charge in [-0.05, 0) is 42.5 Å². The van der Waals surface area contributed by atoms with Crippen LogP contribution in [0.3, 0.4) is 0 Å². The number of urea groups is 1. The molecule has 0 aliphatic heterocycles. The van der Waals surface area contributed by atoms with Crippen molar-refractivity contribution in [3.05, 3.63) is 59.1 Å². The van der Waals surface area contributed by atoms with Crippen molar-refractivity contribution in [2.75, 3.05) is 25.6 Å². The fourth-order valence-electron chi connectivity index (χ4n) is 1.88. The molecule has 0 radical (unpaired) electrons. The summed E-state index contributed by atoms with van der Waals surface area (Å²) in [5, 5.41) is 5.93. The van der Waals surface area contributed by atoms with Crippen molar-refractivity contribution >= 4 is 29.3 Å². The summed E-state index contributed by atoms with van der Waals surface area (Å²) < 4.78 is 10.1. The third-order valence-electron chi connectivity index (χ3n) is 3.01. The number of benzene rings is 2. The maximum absolute atomic E-state index is 11.8. The molecule has 2 amide bonds. The minimum atomic E-state index is -0.463. The van der Waals surface area contributed by atoms with Gasteiger partial charge in [-0.1, -0.05) is 17.7 Å². The molecule has 0 spiro atoms. The number of amides is 2. The van der Waals surface area contributed by atoms with Crippen LogP contribution in [-0.4, -0.2) is 32.3 Å². The zero-order valence-electron chi connectivity index (χ0n) is 13.0. The molecule has 0 aliphatic carbocycles. The van der Waals surface area contributed by atoms with E-state index in [4.69, 9.17) is 16.3 Å². The lowest BCUT2D eigenvalue weighted by Gasteiger charge is -2.10. The van der Waals surface area contributed by atoms with Gasteiger partial charge in [0.2, 0.25) is 0 Å². The molecular weight excluding hydrogens is 332 g/mol. The quantitative estimate of drug-likeness (QED) is 0.620. The summed E-state index contributed by atoms with van der Waals surface area (Å²) in [7, 11) is 1.30. The topological polar surface area (TPSA) is 76.7 Å². The lowest BCUT2D eigenvalue weighted by atomic mass is 10.2. The minimum Gasteiger partial charge on any atom is -0.492 e. The fourth-order valence-corrected chi connectivity index (χ4v) is 2.01. The SMILES string of the molecule is COC(=O)c1cccc(NC(=O)NCCOc2ccc(Cl)cc2)c1. The fraction of sp³-hybridized carbons (Fsp3) is 0.176. The van der Waals surface area contributed by atoms with E-state index in [-0.39, 0.29) is 0 Å². The molecule has 0 saturated carbocycles. The molecule has 0 bridgehead atoms. The zero-order valence-corrected chi connectivity index (χ0v) is 13.8. The van der Waals surface area contributed by atoms with Crippen LogP contribution in [0.1, 0.15) is 10.4 Å². The van der Waals surface area contributed by atoms with E-state index in [9.17, 15) is 9.59 Å². The number of carbonyl (C=O) groups is 2. The number of carbonyl (C=O) groups excluding carboxylic acids is 2. The number of halogens is 1. The minimum absolute atomic E-state index is 0.317. The molecule has 2 aromatic carbocycles. The first-order chi connectivity index (χ1) is 11.6. The van der Waals surface area contributed by atoms with Crippen molar-refractivity contribution in [3.63, 3.8) is 0 Å². The molecule has 2 aromatic rings. The van der Waals surface area contributed by atoms with E-state index in [1.54, 1.807) is 42.5 Å². The Balaban J connectivity index is 1.75. The highest BCUT2D eigenvalue weighted by molar-refractivity contribution is 6.30. The van der Waals surface area contributed by atoms with Crippen molar-refractivity contribution in [2.24, 2.45) is 0 Å². The van der Waals surface area contributed by atoms with E-state index in [1.165, 1.54) is 13.2 Å². The molecule has 0 unspecified atom stereocenters. The van der Waals surface area contributed by atoms with Gasteiger partial charge in [-0.2, -0.15) is 0 Å². The Morgan fingerprint density at radius 1 is 1.12 bits per heavy atom. The Hall–Kier alpha value is -2.73. The summed E-state index contributed by atoms with van der Waals surface area (Å²) in [4.78, 5) is 23.3. The van der Waals surface area contributed by atoms with Gasteiger partial charge in [0.1, 0.15) is 12.4 Å². The number of hydrogen-bond acceptors (Lipinski definition) is 4. The first-order valence-electron chi connectivity index (χ1n) is 7.20. The van der Waals surface area contributed by atoms with Gasteiger partial charge < -0.3 is 20.1 Å². The molecule has 0 aliphatic rings. The lowest BCUT2D eigenvalue weighted by Crippen LogP contribution is -2.32. The molecule has 24 heavy (non-hydrogen) atoms. The number of rotatable bonds is 6. The molecule has 6 nitrogen and oxygen atoms in total. The first kappa shape index (κ1) is 17.6. The standard InChI is InChI=1S/C17H17ClN2O4/c1-23-16(21)12-3-2-4-14(11-12)20-17(22)19-9-10-24-15-7-5-13(18)6-8-15/h2-8,11H,9-10H2,1H3,(H2,19,20,22). The van der Waals surface area contributed by atoms with Gasteiger partial charge in [-0.25, -0.2) is 9.59 Å². The second-order valence-corrected chi connectivity index (χ2v) is 5.19. The van der Waals surface area contributed by atoms with Gasteiger partial charge in [0.05, 0.1) is 19.2 Å². The second-order valence-electron chi connectivity index (χ2n) is 4.76. The molecule has 2 N–H and O–H groups in total. The lowest BCUT2D eigenvalue weighted by molar-refractivity contribution is 0.0600. The molecule has 126 valence electrons. The van der Waals surface area contributed by atoms with Crippen LogP contribution in [0.15, 0.2) is 48.5 Å². The van der Waals surface area contributed by atoms with Crippen LogP contribution in [0.25, 0.3) is 0 Å². The average Bonchev–Trinajstić information content (AvgIpc) is 2.60. The van der Waals surface area contributed by atoms with Crippen molar-refractivity contribution in [1.82, 2.24) is 5.32 Å². The zero-order chi connectivity index (χ0) is 17.4. The average molecular weight is 349 g/mol. The van der Waals surface area contributed by atoms with Crippen LogP contribution in [0.4, 0.5) is 10.5 Å². The van der Waals surface area contributed by atoms with Gasteiger partial charge >= 0.3 is 12.0 Å². The molecule has 0 saturated heterocycles. The van der Waals surface area contributed by atoms with E-state index >= 15 is 0 Å². The monoisotopic (exact) mass is 348 g/mol. The van der Waals surface area contributed by atoms with Crippen LogP contribution >= 0.6 is 11.6 Å². The van der Waals surface area contributed by atoms with E-state index in [0.29, 0.717) is 35.2 Å². The summed E-state index contributed by atoms with van der Waals surface area (Å²) in [6.45, 7) is 0.641. The number of hydrogen-bond donors (Lipinski definition) is 2. The van der Waals surface area contributed by atoms with Crippen LogP contribution in [0.2, 0.25) is 5.02 Å². The van der Waals surface area contributed by atoms with Crippen molar-refractivity contribution in [1.29, 1.82) is 0 Å². The Morgan fingerprint density at radius 3 is 2.58 bits per heavy atom. The maximum atomic E-state index is 11.8. The van der Waals surface area contributed by atoms with Crippen LogP contribution < -0.4 is 15.4 Å². The van der Waals surface area contributed by atoms with Crippen molar-refractivity contribution in [2.45, 2.75) is 0 Å². The molecule has 0 atom stereocenters. The molecule has 0 heterocycles. The third-order valence-corrected chi connectivity index (χ3v) is 3.26. The Bertz CT molecular complexity index is 704.